The van der Waals surface area contributed by atoms with Gasteiger partial charge in [0.05, 0.1) is 0 Å². The van der Waals surface area contributed by atoms with Gasteiger partial charge >= 0.3 is 0 Å². The molecule has 1 saturated carbocycles. The molecule has 0 spiro atoms. The molecule has 0 amide bonds. The van der Waals surface area contributed by atoms with E-state index in [4.69, 9.17) is 5.73 Å². The average Bonchev–Trinajstić information content (AvgIpc) is 2.37. The number of aryl methyl sites for hydroxylation is 1. The summed E-state index contributed by atoms with van der Waals surface area (Å²) in [6, 6.07) is 7.70. The first kappa shape index (κ1) is 16.4. The maximum absolute atomic E-state index is 6.04. The quantitative estimate of drug-likeness (QED) is 0.895. The Kier molecular flexibility index (Phi) is 4.98. The first-order valence-electron chi connectivity index (χ1n) is 8.36. The fourth-order valence-corrected chi connectivity index (χ4v) is 3.54. The van der Waals surface area contributed by atoms with Gasteiger partial charge in [-0.2, -0.15) is 0 Å². The summed E-state index contributed by atoms with van der Waals surface area (Å²) in [5.74, 6) is 0. The second-order valence-electron chi connectivity index (χ2n) is 7.82. The summed E-state index contributed by atoms with van der Waals surface area (Å²) in [6.07, 6.45) is 6.22. The van der Waals surface area contributed by atoms with E-state index >= 15 is 0 Å². The van der Waals surface area contributed by atoms with Gasteiger partial charge in [0.1, 0.15) is 0 Å². The summed E-state index contributed by atoms with van der Waals surface area (Å²) in [6.45, 7) is 9.06. The Bertz CT molecular complexity index is 466. The maximum Gasteiger partial charge on any atom is 0.0399 e. The SMILES string of the molecule is Cc1ccc(N(C)C2CCC(C)(C)CC2)c(CC(C)N)c1. The molecule has 0 heterocycles. The van der Waals surface area contributed by atoms with E-state index in [1.54, 1.807) is 0 Å². The molecule has 0 radical (unpaired) electrons. The van der Waals surface area contributed by atoms with Crippen molar-refractivity contribution in [3.05, 3.63) is 29.3 Å². The lowest BCUT2D eigenvalue weighted by atomic mass is 9.75. The molecule has 0 saturated heterocycles. The predicted molar refractivity (Wildman–Crippen MR) is 93.0 cm³/mol. The summed E-state index contributed by atoms with van der Waals surface area (Å²) in [7, 11) is 2.26. The molecule has 0 aromatic heterocycles. The smallest absolute Gasteiger partial charge is 0.0399 e. The molecule has 1 aromatic rings. The summed E-state index contributed by atoms with van der Waals surface area (Å²) in [5, 5.41) is 0. The maximum atomic E-state index is 6.04. The van der Waals surface area contributed by atoms with Crippen molar-refractivity contribution in [3.8, 4) is 0 Å². The van der Waals surface area contributed by atoms with E-state index in [2.05, 4.69) is 57.8 Å². The van der Waals surface area contributed by atoms with Crippen LogP contribution in [0.2, 0.25) is 0 Å². The number of nitrogens with zero attached hydrogens (tertiary/aromatic N) is 1. The van der Waals surface area contributed by atoms with E-state index in [0.717, 1.165) is 6.42 Å². The van der Waals surface area contributed by atoms with Gasteiger partial charge in [0, 0.05) is 24.8 Å². The Hall–Kier alpha value is -1.02. The number of benzene rings is 1. The van der Waals surface area contributed by atoms with Crippen molar-refractivity contribution in [1.29, 1.82) is 0 Å². The van der Waals surface area contributed by atoms with E-state index in [9.17, 15) is 0 Å². The van der Waals surface area contributed by atoms with Gasteiger partial charge in [0.25, 0.3) is 0 Å². The van der Waals surface area contributed by atoms with Crippen LogP contribution < -0.4 is 10.6 Å². The molecular weight excluding hydrogens is 256 g/mol. The second-order valence-corrected chi connectivity index (χ2v) is 7.82. The van der Waals surface area contributed by atoms with Crippen LogP contribution in [0.25, 0.3) is 0 Å². The normalized spacial score (nSPS) is 20.3. The lowest BCUT2D eigenvalue weighted by molar-refractivity contribution is 0.222. The minimum absolute atomic E-state index is 0.212. The minimum Gasteiger partial charge on any atom is -0.371 e. The molecule has 2 rings (SSSR count). The molecule has 1 aliphatic rings. The lowest BCUT2D eigenvalue weighted by Crippen LogP contribution is -2.38. The van der Waals surface area contributed by atoms with Gasteiger partial charge in [0.15, 0.2) is 0 Å². The lowest BCUT2D eigenvalue weighted by Gasteiger charge is -2.40. The fraction of sp³-hybridized carbons (Fsp3) is 0.684. The third-order valence-electron chi connectivity index (χ3n) is 5.01. The van der Waals surface area contributed by atoms with Gasteiger partial charge in [-0.3, -0.25) is 0 Å². The standard InChI is InChI=1S/C19H32N2/c1-14-6-7-18(16(12-14)13-15(2)20)21(5)17-8-10-19(3,4)11-9-17/h6-7,12,15,17H,8-11,13,20H2,1-5H3. The van der Waals surface area contributed by atoms with Crippen LogP contribution in [-0.2, 0) is 6.42 Å². The zero-order valence-corrected chi connectivity index (χ0v) is 14.4. The van der Waals surface area contributed by atoms with Gasteiger partial charge in [-0.05, 0) is 63.0 Å². The number of anilines is 1. The van der Waals surface area contributed by atoms with Crippen molar-refractivity contribution < 1.29 is 0 Å². The second kappa shape index (κ2) is 6.39. The van der Waals surface area contributed by atoms with E-state index in [0.29, 0.717) is 11.5 Å². The molecular formula is C19H32N2. The van der Waals surface area contributed by atoms with Crippen molar-refractivity contribution in [2.45, 2.75) is 71.9 Å². The Morgan fingerprint density at radius 1 is 1.29 bits per heavy atom. The highest BCUT2D eigenvalue weighted by atomic mass is 15.1. The average molecular weight is 288 g/mol. The van der Waals surface area contributed by atoms with Crippen molar-refractivity contribution in [2.24, 2.45) is 11.1 Å². The molecule has 2 nitrogen and oxygen atoms in total. The molecule has 2 N–H and O–H groups in total. The zero-order chi connectivity index (χ0) is 15.6. The van der Waals surface area contributed by atoms with Crippen molar-refractivity contribution in [2.75, 3.05) is 11.9 Å². The van der Waals surface area contributed by atoms with Gasteiger partial charge in [-0.25, -0.2) is 0 Å². The van der Waals surface area contributed by atoms with Crippen molar-refractivity contribution in [3.63, 3.8) is 0 Å². The van der Waals surface area contributed by atoms with E-state index < -0.39 is 0 Å². The topological polar surface area (TPSA) is 29.3 Å². The highest BCUT2D eigenvalue weighted by molar-refractivity contribution is 5.55. The molecule has 0 aliphatic heterocycles. The zero-order valence-electron chi connectivity index (χ0n) is 14.4. The van der Waals surface area contributed by atoms with Crippen LogP contribution in [-0.4, -0.2) is 19.1 Å². The highest BCUT2D eigenvalue weighted by Gasteiger charge is 2.29. The summed E-state index contributed by atoms with van der Waals surface area (Å²) in [4.78, 5) is 2.51. The van der Waals surface area contributed by atoms with Crippen LogP contribution in [0, 0.1) is 12.3 Å². The third-order valence-corrected chi connectivity index (χ3v) is 5.01. The van der Waals surface area contributed by atoms with Crippen LogP contribution in [0.1, 0.15) is 57.6 Å². The van der Waals surface area contributed by atoms with E-state index in [1.165, 1.54) is 42.5 Å². The van der Waals surface area contributed by atoms with Gasteiger partial charge in [-0.1, -0.05) is 31.5 Å². The first-order valence-corrected chi connectivity index (χ1v) is 8.36. The fourth-order valence-electron chi connectivity index (χ4n) is 3.54. The molecule has 2 heteroatoms. The Labute approximate surface area is 130 Å². The van der Waals surface area contributed by atoms with Crippen LogP contribution in [0.4, 0.5) is 5.69 Å². The largest absolute Gasteiger partial charge is 0.371 e. The number of hydrogen-bond donors (Lipinski definition) is 1. The Balaban J connectivity index is 2.17. The van der Waals surface area contributed by atoms with Crippen molar-refractivity contribution in [1.82, 2.24) is 0 Å². The summed E-state index contributed by atoms with van der Waals surface area (Å²) >= 11 is 0. The Morgan fingerprint density at radius 3 is 2.48 bits per heavy atom. The van der Waals surface area contributed by atoms with Gasteiger partial charge in [0.2, 0.25) is 0 Å². The van der Waals surface area contributed by atoms with Gasteiger partial charge in [-0.15, -0.1) is 0 Å². The molecule has 118 valence electrons. The number of rotatable bonds is 4. The Morgan fingerprint density at radius 2 is 1.90 bits per heavy atom. The number of hydrogen-bond acceptors (Lipinski definition) is 2. The summed E-state index contributed by atoms with van der Waals surface area (Å²) < 4.78 is 0. The van der Waals surface area contributed by atoms with E-state index in [1.807, 2.05) is 0 Å². The van der Waals surface area contributed by atoms with Crippen LogP contribution >= 0.6 is 0 Å². The van der Waals surface area contributed by atoms with Crippen LogP contribution in [0.15, 0.2) is 18.2 Å². The third kappa shape index (κ3) is 4.23. The van der Waals surface area contributed by atoms with E-state index in [-0.39, 0.29) is 6.04 Å². The number of nitrogens with two attached hydrogens (primary N) is 1. The first-order chi connectivity index (χ1) is 9.78. The highest BCUT2D eigenvalue weighted by Crippen LogP contribution is 2.38. The predicted octanol–water partition coefficient (Wildman–Crippen LogP) is 4.29. The molecule has 0 bridgehead atoms. The molecule has 1 fully saturated rings. The van der Waals surface area contributed by atoms with Crippen molar-refractivity contribution >= 4 is 5.69 Å². The molecule has 1 atom stereocenters. The summed E-state index contributed by atoms with van der Waals surface area (Å²) in [5.41, 5.74) is 10.7. The minimum atomic E-state index is 0.212. The monoisotopic (exact) mass is 288 g/mol. The molecule has 1 aliphatic carbocycles. The molecule has 1 unspecified atom stereocenters. The molecule has 21 heavy (non-hydrogen) atoms. The van der Waals surface area contributed by atoms with Crippen LogP contribution in [0.5, 0.6) is 0 Å². The van der Waals surface area contributed by atoms with Crippen LogP contribution in [0.3, 0.4) is 0 Å². The molecule has 1 aromatic carbocycles. The van der Waals surface area contributed by atoms with Gasteiger partial charge < -0.3 is 10.6 Å².